The fourth-order valence-electron chi connectivity index (χ4n) is 2.05. The third kappa shape index (κ3) is 4.65. The summed E-state index contributed by atoms with van der Waals surface area (Å²) >= 11 is 0. The number of rotatable bonds is 6. The number of halogens is 3. The number of benzene rings is 1. The fraction of sp³-hybridized carbons (Fsp3) is 0.533. The number of carbonyl (C=O) groups excluding carboxylic acids is 1. The molecular formula is C15H21F3N2O. The minimum Gasteiger partial charge on any atom is -0.388 e. The van der Waals surface area contributed by atoms with Crippen molar-refractivity contribution in [3.05, 3.63) is 29.3 Å². The lowest BCUT2D eigenvalue weighted by atomic mass is 10.1. The van der Waals surface area contributed by atoms with E-state index in [-0.39, 0.29) is 17.2 Å². The highest BCUT2D eigenvalue weighted by molar-refractivity contribution is 5.94. The van der Waals surface area contributed by atoms with Gasteiger partial charge in [0.25, 0.3) is 5.91 Å². The molecule has 0 spiro atoms. The van der Waals surface area contributed by atoms with Crippen molar-refractivity contribution in [3.63, 3.8) is 0 Å². The van der Waals surface area contributed by atoms with Gasteiger partial charge in [-0.25, -0.2) is 0 Å². The molecule has 6 heteroatoms. The lowest BCUT2D eigenvalue weighted by Crippen LogP contribution is -2.28. The van der Waals surface area contributed by atoms with Crippen LogP contribution in [0.5, 0.6) is 0 Å². The average molecular weight is 302 g/mol. The topological polar surface area (TPSA) is 32.3 Å². The smallest absolute Gasteiger partial charge is 0.388 e. The van der Waals surface area contributed by atoms with Crippen LogP contribution in [-0.2, 0) is 6.18 Å². The number of amides is 1. The molecule has 118 valence electrons. The molecule has 0 radical (unpaired) electrons. The van der Waals surface area contributed by atoms with E-state index in [1.165, 1.54) is 24.1 Å². The molecule has 0 bridgehead atoms. The first-order valence-electron chi connectivity index (χ1n) is 6.95. The van der Waals surface area contributed by atoms with Gasteiger partial charge in [-0.3, -0.25) is 4.79 Å². The Balaban J connectivity index is 2.95. The zero-order chi connectivity index (χ0) is 16.0. The molecular weight excluding hydrogens is 281 g/mol. The first kappa shape index (κ1) is 17.3. The van der Waals surface area contributed by atoms with Crippen molar-refractivity contribution >= 4 is 11.6 Å². The molecule has 21 heavy (non-hydrogen) atoms. The Kier molecular flexibility index (Phi) is 6.05. The quantitative estimate of drug-likeness (QED) is 0.805. The van der Waals surface area contributed by atoms with Crippen molar-refractivity contribution in [2.75, 3.05) is 26.0 Å². The van der Waals surface area contributed by atoms with Crippen molar-refractivity contribution in [1.82, 2.24) is 4.90 Å². The maximum absolute atomic E-state index is 13.0. The normalized spacial score (nSPS) is 11.3. The van der Waals surface area contributed by atoms with Crippen LogP contribution in [0.2, 0.25) is 0 Å². The molecule has 3 nitrogen and oxygen atoms in total. The number of carbonyl (C=O) groups is 1. The Morgan fingerprint density at radius 3 is 2.48 bits per heavy atom. The monoisotopic (exact) mass is 302 g/mol. The summed E-state index contributed by atoms with van der Waals surface area (Å²) in [7, 11) is 3.03. The van der Waals surface area contributed by atoms with Crippen LogP contribution in [0, 0.1) is 0 Å². The molecule has 1 aromatic carbocycles. The highest BCUT2D eigenvalue weighted by atomic mass is 19.4. The van der Waals surface area contributed by atoms with Crippen LogP contribution < -0.4 is 5.32 Å². The summed E-state index contributed by atoms with van der Waals surface area (Å²) in [6, 6.07) is 3.61. The van der Waals surface area contributed by atoms with Crippen molar-refractivity contribution in [2.45, 2.75) is 32.4 Å². The van der Waals surface area contributed by atoms with Gasteiger partial charge >= 0.3 is 6.18 Å². The van der Waals surface area contributed by atoms with Crippen LogP contribution >= 0.6 is 0 Å². The first-order valence-corrected chi connectivity index (χ1v) is 6.95. The molecule has 0 aliphatic heterocycles. The van der Waals surface area contributed by atoms with Gasteiger partial charge < -0.3 is 10.2 Å². The van der Waals surface area contributed by atoms with E-state index < -0.39 is 11.7 Å². The molecule has 1 aromatic rings. The first-order chi connectivity index (χ1) is 9.81. The van der Waals surface area contributed by atoms with E-state index in [0.29, 0.717) is 6.54 Å². The van der Waals surface area contributed by atoms with Gasteiger partial charge in [0.1, 0.15) is 0 Å². The summed E-state index contributed by atoms with van der Waals surface area (Å²) in [6.07, 6.45) is -1.63. The summed E-state index contributed by atoms with van der Waals surface area (Å²) in [5, 5.41) is 2.49. The SMILES string of the molecule is CCCCCN(C)C(=O)c1ccc(NC)c(C(F)(F)F)c1. The maximum atomic E-state index is 13.0. The lowest BCUT2D eigenvalue weighted by Gasteiger charge is -2.19. The van der Waals surface area contributed by atoms with E-state index >= 15 is 0 Å². The van der Waals surface area contributed by atoms with E-state index in [1.807, 2.05) is 6.92 Å². The summed E-state index contributed by atoms with van der Waals surface area (Å²) in [5.74, 6) is -0.390. The lowest BCUT2D eigenvalue weighted by molar-refractivity contribution is -0.136. The molecule has 1 rings (SSSR count). The van der Waals surface area contributed by atoms with Gasteiger partial charge in [-0.05, 0) is 24.6 Å². The Morgan fingerprint density at radius 2 is 1.95 bits per heavy atom. The van der Waals surface area contributed by atoms with Gasteiger partial charge in [0, 0.05) is 31.9 Å². The van der Waals surface area contributed by atoms with Crippen LogP contribution in [0.25, 0.3) is 0 Å². The van der Waals surface area contributed by atoms with E-state index in [9.17, 15) is 18.0 Å². The molecule has 0 heterocycles. The molecule has 1 N–H and O–H groups in total. The number of anilines is 1. The van der Waals surface area contributed by atoms with Gasteiger partial charge in [-0.15, -0.1) is 0 Å². The Morgan fingerprint density at radius 1 is 1.29 bits per heavy atom. The highest BCUT2D eigenvalue weighted by Gasteiger charge is 2.34. The maximum Gasteiger partial charge on any atom is 0.418 e. The number of nitrogens with zero attached hydrogens (tertiary/aromatic N) is 1. The standard InChI is InChI=1S/C15H21F3N2O/c1-4-5-6-9-20(3)14(21)11-7-8-13(19-2)12(10-11)15(16,17)18/h7-8,10,19H,4-6,9H2,1-3H3. The zero-order valence-corrected chi connectivity index (χ0v) is 12.5. The molecule has 0 saturated heterocycles. The third-order valence-electron chi connectivity index (χ3n) is 3.29. The van der Waals surface area contributed by atoms with Crippen LogP contribution in [0.3, 0.4) is 0 Å². The van der Waals surface area contributed by atoms with Crippen molar-refractivity contribution < 1.29 is 18.0 Å². The van der Waals surface area contributed by atoms with Crippen LogP contribution in [0.1, 0.15) is 42.1 Å². The minimum atomic E-state index is -4.49. The molecule has 0 aromatic heterocycles. The Labute approximate surface area is 123 Å². The summed E-state index contributed by atoms with van der Waals surface area (Å²) in [6.45, 7) is 2.59. The van der Waals surface area contributed by atoms with Crippen molar-refractivity contribution in [3.8, 4) is 0 Å². The van der Waals surface area contributed by atoms with Gasteiger partial charge in [-0.1, -0.05) is 19.8 Å². The Hall–Kier alpha value is -1.72. The van der Waals surface area contributed by atoms with Crippen molar-refractivity contribution in [1.29, 1.82) is 0 Å². The van der Waals surface area contributed by atoms with Crippen LogP contribution in [-0.4, -0.2) is 31.4 Å². The van der Waals surface area contributed by atoms with Gasteiger partial charge in [0.05, 0.1) is 5.56 Å². The third-order valence-corrected chi connectivity index (χ3v) is 3.29. The van der Waals surface area contributed by atoms with E-state index in [2.05, 4.69) is 5.32 Å². The number of hydrogen-bond donors (Lipinski definition) is 1. The Bertz CT molecular complexity index is 486. The second-order valence-electron chi connectivity index (χ2n) is 4.94. The van der Waals surface area contributed by atoms with E-state index in [4.69, 9.17) is 0 Å². The molecule has 0 aliphatic rings. The number of hydrogen-bond acceptors (Lipinski definition) is 2. The van der Waals surface area contributed by atoms with Crippen LogP contribution in [0.15, 0.2) is 18.2 Å². The van der Waals surface area contributed by atoms with Crippen LogP contribution in [0.4, 0.5) is 18.9 Å². The summed E-state index contributed by atoms with van der Waals surface area (Å²) in [5.41, 5.74) is -0.800. The predicted molar refractivity (Wildman–Crippen MR) is 77.5 cm³/mol. The van der Waals surface area contributed by atoms with E-state index in [0.717, 1.165) is 25.3 Å². The van der Waals surface area contributed by atoms with Gasteiger partial charge in [0.15, 0.2) is 0 Å². The summed E-state index contributed by atoms with van der Waals surface area (Å²) < 4.78 is 38.9. The van der Waals surface area contributed by atoms with Crippen molar-refractivity contribution in [2.24, 2.45) is 0 Å². The molecule has 0 aliphatic carbocycles. The number of alkyl halides is 3. The second kappa shape index (κ2) is 7.33. The molecule has 1 amide bonds. The van der Waals surface area contributed by atoms with Gasteiger partial charge in [0.2, 0.25) is 0 Å². The predicted octanol–water partition coefficient (Wildman–Crippen LogP) is 4.01. The molecule has 0 atom stereocenters. The largest absolute Gasteiger partial charge is 0.418 e. The average Bonchev–Trinajstić information content (AvgIpc) is 2.45. The molecule has 0 unspecified atom stereocenters. The minimum absolute atomic E-state index is 0.0345. The number of nitrogens with one attached hydrogen (secondary N) is 1. The molecule has 0 fully saturated rings. The second-order valence-corrected chi connectivity index (χ2v) is 4.94. The summed E-state index contributed by atoms with van der Waals surface area (Å²) in [4.78, 5) is 13.6. The highest BCUT2D eigenvalue weighted by Crippen LogP contribution is 2.35. The number of unbranched alkanes of at least 4 members (excludes halogenated alkanes) is 2. The van der Waals surface area contributed by atoms with Gasteiger partial charge in [-0.2, -0.15) is 13.2 Å². The zero-order valence-electron chi connectivity index (χ0n) is 12.5. The van der Waals surface area contributed by atoms with E-state index in [1.54, 1.807) is 7.05 Å². The fourth-order valence-corrected chi connectivity index (χ4v) is 2.05. The molecule has 0 saturated carbocycles.